The maximum Gasteiger partial charge on any atom is 0.133 e. The lowest BCUT2D eigenvalue weighted by Crippen LogP contribution is -2.12. The van der Waals surface area contributed by atoms with Gasteiger partial charge in [0.25, 0.3) is 0 Å². The largest absolute Gasteiger partial charge is 0.300 e. The minimum Gasteiger partial charge on any atom is -0.300 e. The molecule has 1 heteroatoms. The number of Topliss-reactive ketones (excluding diaryl/α,β-unsaturated/α-hetero) is 1. The van der Waals surface area contributed by atoms with Crippen LogP contribution >= 0.6 is 0 Å². The lowest BCUT2D eigenvalue weighted by Gasteiger charge is -2.18. The Morgan fingerprint density at radius 3 is 2.45 bits per heavy atom. The first-order valence-corrected chi connectivity index (χ1v) is 4.70. The monoisotopic (exact) mass is 154 g/mol. The molecule has 0 aromatic rings. The summed E-state index contributed by atoms with van der Waals surface area (Å²) in [4.78, 5) is 11.2. The molecule has 0 N–H and O–H groups in total. The number of carbonyl (C=O) groups excluding carboxylic acids is 1. The molecule has 1 saturated carbocycles. The average molecular weight is 154 g/mol. The molecule has 0 aliphatic heterocycles. The third-order valence-corrected chi connectivity index (χ3v) is 2.64. The van der Waals surface area contributed by atoms with E-state index in [1.165, 1.54) is 12.8 Å². The molecule has 0 aromatic carbocycles. The van der Waals surface area contributed by atoms with Crippen LogP contribution in [0.3, 0.4) is 0 Å². The summed E-state index contributed by atoms with van der Waals surface area (Å²) in [5, 5.41) is 0. The van der Waals surface area contributed by atoms with Crippen LogP contribution in [0.4, 0.5) is 0 Å². The van der Waals surface area contributed by atoms with Crippen molar-refractivity contribution in [3.8, 4) is 0 Å². The summed E-state index contributed by atoms with van der Waals surface area (Å²) in [6.07, 6.45) is 5.32. The molecule has 1 aliphatic carbocycles. The van der Waals surface area contributed by atoms with E-state index in [1.54, 1.807) is 0 Å². The molecule has 1 aliphatic rings. The molecule has 1 fully saturated rings. The number of carbonyl (C=O) groups is 1. The Hall–Kier alpha value is -0.330. The van der Waals surface area contributed by atoms with Crippen molar-refractivity contribution in [1.29, 1.82) is 0 Å². The quantitative estimate of drug-likeness (QED) is 0.524. The molecule has 0 radical (unpaired) electrons. The summed E-state index contributed by atoms with van der Waals surface area (Å²) >= 11 is 0. The maximum atomic E-state index is 11.2. The van der Waals surface area contributed by atoms with Crippen molar-refractivity contribution in [2.75, 3.05) is 0 Å². The summed E-state index contributed by atoms with van der Waals surface area (Å²) in [5.41, 5.74) is 0. The van der Waals surface area contributed by atoms with E-state index >= 15 is 0 Å². The van der Waals surface area contributed by atoms with Crippen LogP contribution in [0.2, 0.25) is 0 Å². The fourth-order valence-electron chi connectivity index (χ4n) is 1.71. The number of hydrogen-bond donors (Lipinski definition) is 0. The van der Waals surface area contributed by atoms with Crippen LogP contribution in [0.1, 0.15) is 46.0 Å². The van der Waals surface area contributed by atoms with Gasteiger partial charge in [0.2, 0.25) is 0 Å². The van der Waals surface area contributed by atoms with Crippen LogP contribution in [-0.4, -0.2) is 5.78 Å². The molecule has 2 atom stereocenters. The van der Waals surface area contributed by atoms with E-state index in [2.05, 4.69) is 13.8 Å². The van der Waals surface area contributed by atoms with Gasteiger partial charge >= 0.3 is 0 Å². The number of hydrogen-bond acceptors (Lipinski definition) is 1. The van der Waals surface area contributed by atoms with E-state index in [9.17, 15) is 4.79 Å². The minimum atomic E-state index is 0.476. The maximum absolute atomic E-state index is 11.2. The highest BCUT2D eigenvalue weighted by atomic mass is 16.1. The molecule has 0 aromatic heterocycles. The van der Waals surface area contributed by atoms with Gasteiger partial charge in [0, 0.05) is 12.8 Å². The van der Waals surface area contributed by atoms with Gasteiger partial charge in [-0.05, 0) is 18.3 Å². The predicted octanol–water partition coefficient (Wildman–Crippen LogP) is 2.79. The van der Waals surface area contributed by atoms with Gasteiger partial charge < -0.3 is 0 Å². The third kappa shape index (κ3) is 3.04. The highest BCUT2D eigenvalue weighted by molar-refractivity contribution is 5.78. The van der Waals surface area contributed by atoms with Gasteiger partial charge in [0.15, 0.2) is 0 Å². The molecule has 1 nitrogen and oxygen atoms in total. The highest BCUT2D eigenvalue weighted by Gasteiger charge is 2.15. The average Bonchev–Trinajstić information content (AvgIpc) is 1.95. The molecule has 0 bridgehead atoms. The molecule has 0 spiro atoms. The van der Waals surface area contributed by atoms with Gasteiger partial charge in [-0.1, -0.05) is 26.7 Å². The Balaban J connectivity index is 2.40. The van der Waals surface area contributed by atoms with Crippen LogP contribution in [0.15, 0.2) is 0 Å². The first-order valence-electron chi connectivity index (χ1n) is 4.70. The number of ketones is 1. The third-order valence-electron chi connectivity index (χ3n) is 2.64. The zero-order chi connectivity index (χ0) is 8.27. The van der Waals surface area contributed by atoms with E-state index in [0.29, 0.717) is 11.7 Å². The lowest BCUT2D eigenvalue weighted by atomic mass is 9.87. The summed E-state index contributed by atoms with van der Waals surface area (Å²) in [6.45, 7) is 4.45. The lowest BCUT2D eigenvalue weighted by molar-refractivity contribution is -0.120. The first kappa shape index (κ1) is 8.76. The summed E-state index contributed by atoms with van der Waals surface area (Å²) in [6, 6.07) is 0. The molecule has 0 saturated heterocycles. The Morgan fingerprint density at radius 2 is 1.73 bits per heavy atom. The Bertz CT molecular complexity index is 140. The fourth-order valence-corrected chi connectivity index (χ4v) is 1.71. The second-order valence-corrected chi connectivity index (χ2v) is 4.07. The fraction of sp³-hybridized carbons (Fsp3) is 0.900. The van der Waals surface area contributed by atoms with Gasteiger partial charge in [-0.15, -0.1) is 0 Å². The van der Waals surface area contributed by atoms with Crippen molar-refractivity contribution < 1.29 is 4.79 Å². The molecular formula is C10H18O. The Kier molecular flexibility index (Phi) is 3.10. The van der Waals surface area contributed by atoms with Gasteiger partial charge in [-0.25, -0.2) is 0 Å². The van der Waals surface area contributed by atoms with Crippen molar-refractivity contribution in [3.05, 3.63) is 0 Å². The second kappa shape index (κ2) is 3.89. The normalized spacial score (nSPS) is 34.5. The van der Waals surface area contributed by atoms with Crippen molar-refractivity contribution in [2.24, 2.45) is 11.8 Å². The van der Waals surface area contributed by atoms with Crippen molar-refractivity contribution >= 4 is 5.78 Å². The van der Waals surface area contributed by atoms with Crippen molar-refractivity contribution in [3.63, 3.8) is 0 Å². The molecule has 64 valence electrons. The van der Waals surface area contributed by atoms with Gasteiger partial charge in [-0.3, -0.25) is 4.79 Å². The molecule has 0 heterocycles. The summed E-state index contributed by atoms with van der Waals surface area (Å²) in [5.74, 6) is 1.87. The van der Waals surface area contributed by atoms with Crippen molar-refractivity contribution in [1.82, 2.24) is 0 Å². The Morgan fingerprint density at radius 1 is 1.09 bits per heavy atom. The van der Waals surface area contributed by atoms with E-state index in [1.807, 2.05) is 0 Å². The predicted molar refractivity (Wildman–Crippen MR) is 46.4 cm³/mol. The molecular weight excluding hydrogens is 136 g/mol. The zero-order valence-corrected chi connectivity index (χ0v) is 7.60. The van der Waals surface area contributed by atoms with Crippen LogP contribution in [-0.2, 0) is 4.79 Å². The standard InChI is InChI=1S/C10H18O/c1-8-3-4-9(2)7-10(11)6-5-8/h8-9H,3-7H2,1-2H3. The zero-order valence-electron chi connectivity index (χ0n) is 7.60. The van der Waals surface area contributed by atoms with Gasteiger partial charge in [-0.2, -0.15) is 0 Å². The SMILES string of the molecule is CC1CCC(=O)CC(C)CC1. The van der Waals surface area contributed by atoms with E-state index < -0.39 is 0 Å². The summed E-state index contributed by atoms with van der Waals surface area (Å²) < 4.78 is 0. The molecule has 2 unspecified atom stereocenters. The van der Waals surface area contributed by atoms with Crippen LogP contribution in [0.5, 0.6) is 0 Å². The van der Waals surface area contributed by atoms with Gasteiger partial charge in [0.05, 0.1) is 0 Å². The first-order chi connectivity index (χ1) is 5.18. The van der Waals surface area contributed by atoms with Crippen molar-refractivity contribution in [2.45, 2.75) is 46.0 Å². The number of rotatable bonds is 0. The Labute approximate surface area is 69.2 Å². The van der Waals surface area contributed by atoms with Gasteiger partial charge in [0.1, 0.15) is 5.78 Å². The minimum absolute atomic E-state index is 0.476. The smallest absolute Gasteiger partial charge is 0.133 e. The van der Waals surface area contributed by atoms with Crippen LogP contribution in [0, 0.1) is 11.8 Å². The second-order valence-electron chi connectivity index (χ2n) is 4.07. The molecule has 11 heavy (non-hydrogen) atoms. The summed E-state index contributed by atoms with van der Waals surface area (Å²) in [7, 11) is 0. The topological polar surface area (TPSA) is 17.1 Å². The molecule has 0 amide bonds. The highest BCUT2D eigenvalue weighted by Crippen LogP contribution is 2.23. The van der Waals surface area contributed by atoms with E-state index in [0.717, 1.165) is 25.2 Å². The van der Waals surface area contributed by atoms with E-state index in [-0.39, 0.29) is 0 Å². The molecule has 1 rings (SSSR count). The van der Waals surface area contributed by atoms with Crippen LogP contribution in [0.25, 0.3) is 0 Å². The van der Waals surface area contributed by atoms with E-state index in [4.69, 9.17) is 0 Å². The van der Waals surface area contributed by atoms with Crippen LogP contribution < -0.4 is 0 Å².